The van der Waals surface area contributed by atoms with E-state index in [4.69, 9.17) is 4.74 Å². The van der Waals surface area contributed by atoms with E-state index in [1.54, 1.807) is 11.3 Å². The van der Waals surface area contributed by atoms with E-state index in [1.807, 2.05) is 30.4 Å². The van der Waals surface area contributed by atoms with Crippen LogP contribution in [0, 0.1) is 11.8 Å². The number of nitrogens with one attached hydrogen (secondary N) is 1. The highest BCUT2D eigenvalue weighted by atomic mass is 32.1. The summed E-state index contributed by atoms with van der Waals surface area (Å²) in [5.41, 5.74) is 1.58. The van der Waals surface area contributed by atoms with Gasteiger partial charge in [0, 0.05) is 31.7 Å². The summed E-state index contributed by atoms with van der Waals surface area (Å²) in [6.45, 7) is 3.19. The summed E-state index contributed by atoms with van der Waals surface area (Å²) in [5, 5.41) is 3.85. The van der Waals surface area contributed by atoms with Crippen LogP contribution in [0.15, 0.2) is 30.4 Å². The molecule has 5 rings (SSSR count). The molecule has 0 spiro atoms. The van der Waals surface area contributed by atoms with Crippen molar-refractivity contribution in [1.82, 2.24) is 9.88 Å². The first-order valence-corrected chi connectivity index (χ1v) is 11.4. The highest BCUT2D eigenvalue weighted by Crippen LogP contribution is 2.35. The van der Waals surface area contributed by atoms with E-state index in [9.17, 15) is 14.4 Å². The molecule has 1 aromatic carbocycles. The third-order valence-electron chi connectivity index (χ3n) is 6.10. The number of morpholine rings is 1. The highest BCUT2D eigenvalue weighted by molar-refractivity contribution is 7.22. The van der Waals surface area contributed by atoms with Crippen molar-refractivity contribution in [2.24, 2.45) is 11.8 Å². The van der Waals surface area contributed by atoms with Crippen LogP contribution in [0.3, 0.4) is 0 Å². The average Bonchev–Trinajstić information content (AvgIpc) is 3.32. The second kappa shape index (κ2) is 8.39. The van der Waals surface area contributed by atoms with Gasteiger partial charge in [0.05, 0.1) is 35.3 Å². The van der Waals surface area contributed by atoms with Gasteiger partial charge in [-0.25, -0.2) is 4.98 Å². The number of nitrogens with zero attached hydrogens (tertiary/aromatic N) is 3. The molecule has 2 aromatic rings. The maximum atomic E-state index is 12.5. The second-order valence-electron chi connectivity index (χ2n) is 8.06. The van der Waals surface area contributed by atoms with Gasteiger partial charge in [-0.05, 0) is 31.0 Å². The number of aromatic nitrogens is 1. The molecular weight excluding hydrogens is 416 g/mol. The van der Waals surface area contributed by atoms with E-state index < -0.39 is 0 Å². The van der Waals surface area contributed by atoms with Gasteiger partial charge in [0.15, 0.2) is 5.13 Å². The SMILES string of the molecule is O=C(CCN1C(=O)[C@H]2CC=CC[C@H]2C1=O)Nc1ccc2nc(N3CCOCC3)sc2c1. The molecule has 1 N–H and O–H groups in total. The molecule has 162 valence electrons. The Morgan fingerprint density at radius 2 is 1.84 bits per heavy atom. The molecule has 0 saturated carbocycles. The number of carbonyl (C=O) groups excluding carboxylic acids is 3. The van der Waals surface area contributed by atoms with Crippen LogP contribution in [0.25, 0.3) is 10.2 Å². The Balaban J connectivity index is 1.20. The van der Waals surface area contributed by atoms with Crippen LogP contribution in [-0.4, -0.2) is 60.5 Å². The van der Waals surface area contributed by atoms with Crippen molar-refractivity contribution in [2.75, 3.05) is 43.1 Å². The zero-order valence-corrected chi connectivity index (χ0v) is 17.9. The van der Waals surface area contributed by atoms with Crippen molar-refractivity contribution in [1.29, 1.82) is 0 Å². The van der Waals surface area contributed by atoms with Crippen molar-refractivity contribution in [3.8, 4) is 0 Å². The van der Waals surface area contributed by atoms with Crippen LogP contribution in [0.4, 0.5) is 10.8 Å². The fourth-order valence-electron chi connectivity index (χ4n) is 4.41. The van der Waals surface area contributed by atoms with Gasteiger partial charge in [0.1, 0.15) is 0 Å². The number of carbonyl (C=O) groups is 3. The first-order chi connectivity index (χ1) is 15.1. The van der Waals surface area contributed by atoms with Gasteiger partial charge < -0.3 is 15.0 Å². The Labute approximate surface area is 183 Å². The van der Waals surface area contributed by atoms with Crippen LogP contribution < -0.4 is 10.2 Å². The predicted octanol–water partition coefficient (Wildman–Crippen LogP) is 2.41. The normalized spacial score (nSPS) is 23.5. The summed E-state index contributed by atoms with van der Waals surface area (Å²) in [7, 11) is 0. The van der Waals surface area contributed by atoms with Gasteiger partial charge in [-0.1, -0.05) is 23.5 Å². The number of anilines is 2. The van der Waals surface area contributed by atoms with Gasteiger partial charge in [-0.2, -0.15) is 0 Å². The van der Waals surface area contributed by atoms with E-state index in [2.05, 4.69) is 15.2 Å². The number of ether oxygens (including phenoxy) is 1. The van der Waals surface area contributed by atoms with Gasteiger partial charge in [0.25, 0.3) is 0 Å². The maximum Gasteiger partial charge on any atom is 0.233 e. The third kappa shape index (κ3) is 3.95. The number of imide groups is 1. The zero-order valence-electron chi connectivity index (χ0n) is 17.1. The van der Waals surface area contributed by atoms with E-state index in [1.165, 1.54) is 4.90 Å². The molecule has 2 atom stereocenters. The monoisotopic (exact) mass is 440 g/mol. The quantitative estimate of drug-likeness (QED) is 0.567. The molecule has 3 amide bonds. The lowest BCUT2D eigenvalue weighted by Gasteiger charge is -2.25. The van der Waals surface area contributed by atoms with Crippen LogP contribution in [0.1, 0.15) is 19.3 Å². The lowest BCUT2D eigenvalue weighted by Crippen LogP contribution is -2.36. The molecule has 2 aliphatic heterocycles. The molecule has 2 fully saturated rings. The van der Waals surface area contributed by atoms with E-state index >= 15 is 0 Å². The number of hydrogen-bond acceptors (Lipinski definition) is 7. The molecule has 0 radical (unpaired) electrons. The second-order valence-corrected chi connectivity index (χ2v) is 9.07. The number of thiazole rings is 1. The van der Waals surface area contributed by atoms with Crippen molar-refractivity contribution in [2.45, 2.75) is 19.3 Å². The Hall–Kier alpha value is -2.78. The topological polar surface area (TPSA) is 91.8 Å². The molecule has 0 bridgehead atoms. The number of amides is 3. The zero-order chi connectivity index (χ0) is 21.4. The van der Waals surface area contributed by atoms with Crippen molar-refractivity contribution < 1.29 is 19.1 Å². The summed E-state index contributed by atoms with van der Waals surface area (Å²) in [5.74, 6) is -1.02. The van der Waals surface area contributed by atoms with Gasteiger partial charge in [0.2, 0.25) is 17.7 Å². The van der Waals surface area contributed by atoms with Crippen LogP contribution in [-0.2, 0) is 19.1 Å². The molecule has 31 heavy (non-hydrogen) atoms. The maximum absolute atomic E-state index is 12.5. The minimum Gasteiger partial charge on any atom is -0.378 e. The number of rotatable bonds is 5. The van der Waals surface area contributed by atoms with Crippen LogP contribution >= 0.6 is 11.3 Å². The number of likely N-dealkylation sites (tertiary alicyclic amines) is 1. The molecule has 0 unspecified atom stereocenters. The summed E-state index contributed by atoms with van der Waals surface area (Å²) in [6.07, 6.45) is 5.23. The molecule has 3 aliphatic rings. The Morgan fingerprint density at radius 3 is 2.55 bits per heavy atom. The van der Waals surface area contributed by atoms with E-state index in [-0.39, 0.29) is 42.5 Å². The van der Waals surface area contributed by atoms with E-state index in [0.717, 1.165) is 28.4 Å². The minimum atomic E-state index is -0.255. The number of hydrogen-bond donors (Lipinski definition) is 1. The standard InChI is InChI=1S/C22H24N4O4S/c27-19(7-8-26-20(28)15-3-1-2-4-16(15)21(26)29)23-14-5-6-17-18(13-14)31-22(24-17)25-9-11-30-12-10-25/h1-2,5-6,13,15-16H,3-4,7-12H2,(H,23,27)/t15-,16+. The molecule has 3 heterocycles. The molecule has 2 saturated heterocycles. The van der Waals surface area contributed by atoms with Crippen LogP contribution in [0.2, 0.25) is 0 Å². The highest BCUT2D eigenvalue weighted by Gasteiger charge is 2.46. The average molecular weight is 441 g/mol. The predicted molar refractivity (Wildman–Crippen MR) is 118 cm³/mol. The van der Waals surface area contributed by atoms with Crippen LogP contribution in [0.5, 0.6) is 0 Å². The van der Waals surface area contributed by atoms with Crippen molar-refractivity contribution in [3.05, 3.63) is 30.4 Å². The van der Waals surface area contributed by atoms with E-state index in [0.29, 0.717) is 31.7 Å². The smallest absolute Gasteiger partial charge is 0.233 e. The lowest BCUT2D eigenvalue weighted by atomic mass is 9.85. The lowest BCUT2D eigenvalue weighted by molar-refractivity contribution is -0.140. The molecule has 8 nitrogen and oxygen atoms in total. The number of benzene rings is 1. The molecular formula is C22H24N4O4S. The van der Waals surface area contributed by atoms with Crippen molar-refractivity contribution in [3.63, 3.8) is 0 Å². The number of allylic oxidation sites excluding steroid dienone is 2. The fraction of sp³-hybridized carbons (Fsp3) is 0.455. The van der Waals surface area contributed by atoms with Gasteiger partial charge >= 0.3 is 0 Å². The summed E-state index contributed by atoms with van der Waals surface area (Å²) in [6, 6.07) is 5.65. The largest absolute Gasteiger partial charge is 0.378 e. The molecule has 9 heteroatoms. The third-order valence-corrected chi connectivity index (χ3v) is 7.18. The first-order valence-electron chi connectivity index (χ1n) is 10.6. The minimum absolute atomic E-state index is 0.0874. The Kier molecular flexibility index (Phi) is 5.45. The summed E-state index contributed by atoms with van der Waals surface area (Å²) >= 11 is 1.60. The summed E-state index contributed by atoms with van der Waals surface area (Å²) < 4.78 is 6.40. The molecule has 1 aliphatic carbocycles. The Bertz CT molecular complexity index is 1030. The van der Waals surface area contributed by atoms with Crippen molar-refractivity contribution >= 4 is 50.1 Å². The summed E-state index contributed by atoms with van der Waals surface area (Å²) in [4.78, 5) is 45.7. The number of fused-ring (bicyclic) bond motifs is 2. The Morgan fingerprint density at radius 1 is 1.13 bits per heavy atom. The van der Waals surface area contributed by atoms with Gasteiger partial charge in [-0.3, -0.25) is 19.3 Å². The van der Waals surface area contributed by atoms with Gasteiger partial charge in [-0.15, -0.1) is 0 Å². The fourth-order valence-corrected chi connectivity index (χ4v) is 5.46. The first kappa shape index (κ1) is 20.1. The molecule has 1 aromatic heterocycles.